The zero-order valence-corrected chi connectivity index (χ0v) is 8.82. The first-order valence-corrected chi connectivity index (χ1v) is 4.64. The second kappa shape index (κ2) is 4.33. The summed E-state index contributed by atoms with van der Waals surface area (Å²) in [5.41, 5.74) is -0.643. The van der Waals surface area contributed by atoms with Crippen LogP contribution < -0.4 is 0 Å². The molecular weight excluding hydrogens is 249 g/mol. The van der Waals surface area contributed by atoms with Gasteiger partial charge in [-0.15, -0.1) is 0 Å². The molecule has 0 bridgehead atoms. The SMILES string of the molecule is O=C(O)CC(F)(F)c1c(Cl)cccc1Cl. The first-order chi connectivity index (χ1) is 6.84. The Labute approximate surface area is 94.4 Å². The van der Waals surface area contributed by atoms with Crippen LogP contribution in [0.25, 0.3) is 0 Å². The number of carboxylic acids is 1. The Hall–Kier alpha value is -0.870. The van der Waals surface area contributed by atoms with Gasteiger partial charge >= 0.3 is 5.97 Å². The second-order valence-corrected chi connectivity index (χ2v) is 3.69. The molecule has 0 aromatic heterocycles. The van der Waals surface area contributed by atoms with Crippen molar-refractivity contribution in [3.8, 4) is 0 Å². The van der Waals surface area contributed by atoms with Crippen LogP contribution in [-0.4, -0.2) is 11.1 Å². The van der Waals surface area contributed by atoms with E-state index in [0.29, 0.717) is 0 Å². The minimum atomic E-state index is -3.57. The molecule has 82 valence electrons. The molecule has 1 N–H and O–H groups in total. The number of alkyl halides is 2. The molecule has 0 saturated heterocycles. The monoisotopic (exact) mass is 254 g/mol. The van der Waals surface area contributed by atoms with Crippen LogP contribution in [-0.2, 0) is 10.7 Å². The average molecular weight is 255 g/mol. The molecule has 0 fully saturated rings. The minimum Gasteiger partial charge on any atom is -0.481 e. The highest BCUT2D eigenvalue weighted by Crippen LogP contribution is 2.40. The van der Waals surface area contributed by atoms with E-state index in [0.717, 1.165) is 0 Å². The summed E-state index contributed by atoms with van der Waals surface area (Å²) in [5, 5.41) is 7.84. The molecule has 2 nitrogen and oxygen atoms in total. The van der Waals surface area contributed by atoms with Gasteiger partial charge in [-0.25, -0.2) is 8.78 Å². The molecule has 0 unspecified atom stereocenters. The lowest BCUT2D eigenvalue weighted by atomic mass is 10.1. The van der Waals surface area contributed by atoms with Gasteiger partial charge in [0.05, 0.1) is 15.6 Å². The minimum absolute atomic E-state index is 0.242. The van der Waals surface area contributed by atoms with E-state index in [1.54, 1.807) is 0 Å². The van der Waals surface area contributed by atoms with Crippen molar-refractivity contribution in [1.82, 2.24) is 0 Å². The van der Waals surface area contributed by atoms with Gasteiger partial charge in [0.1, 0.15) is 6.42 Å². The molecule has 0 aliphatic carbocycles. The third kappa shape index (κ3) is 2.79. The molecule has 0 saturated carbocycles. The van der Waals surface area contributed by atoms with Crippen molar-refractivity contribution >= 4 is 29.2 Å². The van der Waals surface area contributed by atoms with E-state index in [2.05, 4.69) is 0 Å². The lowest BCUT2D eigenvalue weighted by Crippen LogP contribution is -2.19. The summed E-state index contributed by atoms with van der Waals surface area (Å²) < 4.78 is 26.8. The highest BCUT2D eigenvalue weighted by molar-refractivity contribution is 6.36. The van der Waals surface area contributed by atoms with E-state index < -0.39 is 23.9 Å². The summed E-state index contributed by atoms with van der Waals surface area (Å²) in [6, 6.07) is 3.88. The number of hydrogen-bond donors (Lipinski definition) is 1. The summed E-state index contributed by atoms with van der Waals surface area (Å²) in [4.78, 5) is 10.2. The van der Waals surface area contributed by atoms with E-state index in [1.807, 2.05) is 0 Å². The van der Waals surface area contributed by atoms with E-state index in [-0.39, 0.29) is 10.0 Å². The van der Waals surface area contributed by atoms with Crippen molar-refractivity contribution in [3.63, 3.8) is 0 Å². The number of rotatable bonds is 3. The number of aliphatic carboxylic acids is 1. The Morgan fingerprint density at radius 3 is 2.20 bits per heavy atom. The Bertz CT molecular complexity index is 373. The van der Waals surface area contributed by atoms with Gasteiger partial charge < -0.3 is 5.11 Å². The zero-order chi connectivity index (χ0) is 11.6. The number of hydrogen-bond acceptors (Lipinski definition) is 1. The largest absolute Gasteiger partial charge is 0.481 e. The number of halogens is 4. The summed E-state index contributed by atoms with van der Waals surface area (Å²) >= 11 is 11.1. The Morgan fingerprint density at radius 1 is 1.33 bits per heavy atom. The predicted molar refractivity (Wildman–Crippen MR) is 52.6 cm³/mol. The molecule has 1 rings (SSSR count). The van der Waals surface area contributed by atoms with Crippen molar-refractivity contribution in [3.05, 3.63) is 33.8 Å². The maximum Gasteiger partial charge on any atom is 0.309 e. The topological polar surface area (TPSA) is 37.3 Å². The first kappa shape index (κ1) is 12.2. The van der Waals surface area contributed by atoms with Gasteiger partial charge in [-0.05, 0) is 12.1 Å². The van der Waals surface area contributed by atoms with Crippen LogP contribution in [0.1, 0.15) is 12.0 Å². The molecule has 15 heavy (non-hydrogen) atoms. The van der Waals surface area contributed by atoms with Crippen LogP contribution in [0.2, 0.25) is 10.0 Å². The summed E-state index contributed by atoms with van der Waals surface area (Å²) in [6.45, 7) is 0. The van der Waals surface area contributed by atoms with E-state index in [4.69, 9.17) is 28.3 Å². The lowest BCUT2D eigenvalue weighted by molar-refractivity contribution is -0.145. The maximum absolute atomic E-state index is 13.4. The van der Waals surface area contributed by atoms with Crippen LogP contribution >= 0.6 is 23.2 Å². The number of carbonyl (C=O) groups is 1. The van der Waals surface area contributed by atoms with Crippen molar-refractivity contribution in [1.29, 1.82) is 0 Å². The molecule has 1 aromatic rings. The smallest absolute Gasteiger partial charge is 0.309 e. The molecule has 0 heterocycles. The van der Waals surface area contributed by atoms with Crippen LogP contribution in [0.3, 0.4) is 0 Å². The highest BCUT2D eigenvalue weighted by Gasteiger charge is 2.38. The van der Waals surface area contributed by atoms with E-state index in [9.17, 15) is 13.6 Å². The quantitative estimate of drug-likeness (QED) is 0.896. The fraction of sp³-hybridized carbons (Fsp3) is 0.222. The van der Waals surface area contributed by atoms with Crippen LogP contribution in [0.15, 0.2) is 18.2 Å². The van der Waals surface area contributed by atoms with Gasteiger partial charge in [0, 0.05) is 0 Å². The maximum atomic E-state index is 13.4. The lowest BCUT2D eigenvalue weighted by Gasteiger charge is -2.17. The van der Waals surface area contributed by atoms with Gasteiger partial charge in [0.15, 0.2) is 0 Å². The Kier molecular flexibility index (Phi) is 3.52. The van der Waals surface area contributed by atoms with Crippen molar-refractivity contribution in [2.24, 2.45) is 0 Å². The number of benzene rings is 1. The molecule has 1 aromatic carbocycles. The molecular formula is C9H6Cl2F2O2. The van der Waals surface area contributed by atoms with Crippen LogP contribution in [0, 0.1) is 0 Å². The van der Waals surface area contributed by atoms with Gasteiger partial charge in [0.25, 0.3) is 5.92 Å². The van der Waals surface area contributed by atoms with Gasteiger partial charge in [-0.3, -0.25) is 4.79 Å². The normalized spacial score (nSPS) is 11.5. The second-order valence-electron chi connectivity index (χ2n) is 2.87. The summed E-state index contributed by atoms with van der Waals surface area (Å²) in [7, 11) is 0. The standard InChI is InChI=1S/C9H6Cl2F2O2/c10-5-2-1-3-6(11)8(5)9(12,13)4-7(14)15/h1-3H,4H2,(H,14,15). The molecule has 0 atom stereocenters. The zero-order valence-electron chi connectivity index (χ0n) is 7.31. The van der Waals surface area contributed by atoms with Crippen molar-refractivity contribution < 1.29 is 18.7 Å². The van der Waals surface area contributed by atoms with Crippen molar-refractivity contribution in [2.45, 2.75) is 12.3 Å². The third-order valence-electron chi connectivity index (χ3n) is 1.70. The Morgan fingerprint density at radius 2 is 1.80 bits per heavy atom. The molecule has 6 heteroatoms. The van der Waals surface area contributed by atoms with E-state index in [1.165, 1.54) is 18.2 Å². The molecule has 0 radical (unpaired) electrons. The van der Waals surface area contributed by atoms with Gasteiger partial charge in [-0.1, -0.05) is 29.3 Å². The summed E-state index contributed by atoms with van der Waals surface area (Å²) in [6.07, 6.45) is -1.34. The fourth-order valence-corrected chi connectivity index (χ4v) is 1.80. The first-order valence-electron chi connectivity index (χ1n) is 3.88. The van der Waals surface area contributed by atoms with Crippen LogP contribution in [0.5, 0.6) is 0 Å². The fourth-order valence-electron chi connectivity index (χ4n) is 1.13. The van der Waals surface area contributed by atoms with E-state index >= 15 is 0 Å². The number of carboxylic acid groups (broad SMARTS) is 1. The van der Waals surface area contributed by atoms with Gasteiger partial charge in [-0.2, -0.15) is 0 Å². The predicted octanol–water partition coefficient (Wildman–Crippen LogP) is 3.56. The summed E-state index contributed by atoms with van der Waals surface area (Å²) in [5.74, 6) is -5.18. The third-order valence-corrected chi connectivity index (χ3v) is 2.33. The Balaban J connectivity index is 3.19. The molecule has 0 amide bonds. The average Bonchev–Trinajstić information content (AvgIpc) is 1.99. The molecule has 0 aliphatic heterocycles. The van der Waals surface area contributed by atoms with Crippen LogP contribution in [0.4, 0.5) is 8.78 Å². The molecule has 0 spiro atoms. The highest BCUT2D eigenvalue weighted by atomic mass is 35.5. The van der Waals surface area contributed by atoms with Crippen molar-refractivity contribution in [2.75, 3.05) is 0 Å². The molecule has 0 aliphatic rings. The van der Waals surface area contributed by atoms with Gasteiger partial charge in [0.2, 0.25) is 0 Å².